The predicted octanol–water partition coefficient (Wildman–Crippen LogP) is 3.96. The molecule has 1 atom stereocenters. The van der Waals surface area contributed by atoms with Crippen LogP contribution in [0, 0.1) is 12.8 Å². The van der Waals surface area contributed by atoms with Crippen LogP contribution in [0.3, 0.4) is 0 Å². The first-order valence-electron chi connectivity index (χ1n) is 8.66. The van der Waals surface area contributed by atoms with Crippen LogP contribution in [-0.2, 0) is 4.79 Å². The lowest BCUT2D eigenvalue weighted by molar-refractivity contribution is -0.116. The van der Waals surface area contributed by atoms with Crippen molar-refractivity contribution < 1.29 is 9.53 Å². The first-order valence-corrected chi connectivity index (χ1v) is 8.66. The SMILES string of the molecule is Cc1cccc(OCCCC(=O)Nc2ccnn2C(C)C2CC2)c1. The van der Waals surface area contributed by atoms with Crippen LogP contribution in [0.15, 0.2) is 36.5 Å². The largest absolute Gasteiger partial charge is 0.494 e. The average Bonchev–Trinajstić information content (AvgIpc) is 3.31. The van der Waals surface area contributed by atoms with Gasteiger partial charge in [0.2, 0.25) is 5.91 Å². The highest BCUT2D eigenvalue weighted by Crippen LogP contribution is 2.40. The zero-order valence-electron chi connectivity index (χ0n) is 14.4. The molecule has 0 bridgehead atoms. The van der Waals surface area contributed by atoms with E-state index in [0.717, 1.165) is 11.6 Å². The summed E-state index contributed by atoms with van der Waals surface area (Å²) in [5.41, 5.74) is 1.17. The molecule has 1 N–H and O–H groups in total. The van der Waals surface area contributed by atoms with E-state index in [0.29, 0.717) is 31.4 Å². The van der Waals surface area contributed by atoms with Crippen LogP contribution in [0.4, 0.5) is 5.82 Å². The van der Waals surface area contributed by atoms with Gasteiger partial charge in [0.1, 0.15) is 11.6 Å². The molecule has 3 rings (SSSR count). The summed E-state index contributed by atoms with van der Waals surface area (Å²) in [7, 11) is 0. The molecule has 24 heavy (non-hydrogen) atoms. The second-order valence-electron chi connectivity index (χ2n) is 6.56. The Morgan fingerprint density at radius 3 is 3.00 bits per heavy atom. The van der Waals surface area contributed by atoms with E-state index >= 15 is 0 Å². The first kappa shape index (κ1) is 16.6. The average molecular weight is 327 g/mol. The molecule has 1 aliphatic carbocycles. The molecule has 1 heterocycles. The van der Waals surface area contributed by atoms with Gasteiger partial charge in [0, 0.05) is 12.5 Å². The third kappa shape index (κ3) is 4.37. The molecule has 1 unspecified atom stereocenters. The molecule has 1 fully saturated rings. The Kier molecular flexibility index (Phi) is 5.18. The first-order chi connectivity index (χ1) is 11.6. The Bertz CT molecular complexity index is 691. The van der Waals surface area contributed by atoms with Gasteiger partial charge in [0.15, 0.2) is 0 Å². The van der Waals surface area contributed by atoms with Gasteiger partial charge in [-0.25, -0.2) is 4.68 Å². The zero-order chi connectivity index (χ0) is 16.9. The van der Waals surface area contributed by atoms with Crippen molar-refractivity contribution in [2.75, 3.05) is 11.9 Å². The van der Waals surface area contributed by atoms with Gasteiger partial charge in [-0.1, -0.05) is 12.1 Å². The molecule has 0 saturated heterocycles. The number of anilines is 1. The molecule has 5 nitrogen and oxygen atoms in total. The van der Waals surface area contributed by atoms with Crippen LogP contribution in [0.1, 0.15) is 44.2 Å². The van der Waals surface area contributed by atoms with E-state index in [4.69, 9.17) is 4.74 Å². The number of carbonyl (C=O) groups is 1. The fourth-order valence-corrected chi connectivity index (χ4v) is 2.85. The second kappa shape index (κ2) is 7.51. The number of nitrogens with zero attached hydrogens (tertiary/aromatic N) is 2. The van der Waals surface area contributed by atoms with E-state index < -0.39 is 0 Å². The maximum absolute atomic E-state index is 12.1. The maximum atomic E-state index is 12.1. The summed E-state index contributed by atoms with van der Waals surface area (Å²) in [5, 5.41) is 7.32. The molecule has 1 aliphatic rings. The molecular weight excluding hydrogens is 302 g/mol. The molecule has 0 aliphatic heterocycles. The molecule has 128 valence electrons. The highest BCUT2D eigenvalue weighted by Gasteiger charge is 2.30. The van der Waals surface area contributed by atoms with Gasteiger partial charge < -0.3 is 10.1 Å². The van der Waals surface area contributed by atoms with E-state index in [1.807, 2.05) is 41.9 Å². The van der Waals surface area contributed by atoms with Crippen molar-refractivity contribution in [3.8, 4) is 5.75 Å². The molecule has 1 amide bonds. The molecule has 2 aromatic rings. The van der Waals surface area contributed by atoms with Gasteiger partial charge in [0.05, 0.1) is 18.8 Å². The lowest BCUT2D eigenvalue weighted by Gasteiger charge is -2.15. The predicted molar refractivity (Wildman–Crippen MR) is 94.2 cm³/mol. The maximum Gasteiger partial charge on any atom is 0.225 e. The lowest BCUT2D eigenvalue weighted by atomic mass is 10.2. The Morgan fingerprint density at radius 2 is 2.25 bits per heavy atom. The van der Waals surface area contributed by atoms with Gasteiger partial charge in [0.25, 0.3) is 0 Å². The number of hydrogen-bond donors (Lipinski definition) is 1. The summed E-state index contributed by atoms with van der Waals surface area (Å²) in [4.78, 5) is 12.1. The third-order valence-corrected chi connectivity index (χ3v) is 4.43. The number of ether oxygens (including phenoxy) is 1. The van der Waals surface area contributed by atoms with Crippen molar-refractivity contribution in [1.29, 1.82) is 0 Å². The molecule has 1 aromatic carbocycles. The summed E-state index contributed by atoms with van der Waals surface area (Å²) in [5.74, 6) is 2.35. The molecule has 5 heteroatoms. The third-order valence-electron chi connectivity index (χ3n) is 4.43. The van der Waals surface area contributed by atoms with Gasteiger partial charge in [-0.3, -0.25) is 4.79 Å². The number of hydrogen-bond acceptors (Lipinski definition) is 3. The number of benzene rings is 1. The zero-order valence-corrected chi connectivity index (χ0v) is 14.4. The van der Waals surface area contributed by atoms with Gasteiger partial charge in [-0.05, 0) is 56.7 Å². The number of nitrogens with one attached hydrogen (secondary N) is 1. The van der Waals surface area contributed by atoms with Crippen molar-refractivity contribution >= 4 is 11.7 Å². The van der Waals surface area contributed by atoms with Crippen molar-refractivity contribution in [1.82, 2.24) is 9.78 Å². The Balaban J connectivity index is 1.42. The van der Waals surface area contributed by atoms with E-state index in [2.05, 4.69) is 17.3 Å². The second-order valence-corrected chi connectivity index (χ2v) is 6.56. The fraction of sp³-hybridized carbons (Fsp3) is 0.474. The van der Waals surface area contributed by atoms with Gasteiger partial charge in [-0.2, -0.15) is 5.10 Å². The molecule has 1 aromatic heterocycles. The summed E-state index contributed by atoms with van der Waals surface area (Å²) in [6, 6.07) is 10.1. The van der Waals surface area contributed by atoms with Crippen molar-refractivity contribution in [2.24, 2.45) is 5.92 Å². The Labute approximate surface area is 143 Å². The van der Waals surface area contributed by atoms with Crippen LogP contribution < -0.4 is 10.1 Å². The van der Waals surface area contributed by atoms with Gasteiger partial charge >= 0.3 is 0 Å². The Morgan fingerprint density at radius 1 is 1.42 bits per heavy atom. The van der Waals surface area contributed by atoms with Crippen LogP contribution in [-0.4, -0.2) is 22.3 Å². The van der Waals surface area contributed by atoms with E-state index in [1.165, 1.54) is 18.4 Å². The summed E-state index contributed by atoms with van der Waals surface area (Å²) < 4.78 is 7.61. The normalized spacial score (nSPS) is 15.1. The molecular formula is C19H25N3O2. The number of rotatable bonds is 8. The van der Waals surface area contributed by atoms with Crippen LogP contribution in [0.2, 0.25) is 0 Å². The van der Waals surface area contributed by atoms with E-state index in [1.54, 1.807) is 6.20 Å². The summed E-state index contributed by atoms with van der Waals surface area (Å²) in [6.07, 6.45) is 5.38. The van der Waals surface area contributed by atoms with Crippen LogP contribution in [0.25, 0.3) is 0 Å². The van der Waals surface area contributed by atoms with E-state index in [-0.39, 0.29) is 5.91 Å². The summed E-state index contributed by atoms with van der Waals surface area (Å²) in [6.45, 7) is 4.73. The highest BCUT2D eigenvalue weighted by atomic mass is 16.5. The van der Waals surface area contributed by atoms with Gasteiger partial charge in [-0.15, -0.1) is 0 Å². The lowest BCUT2D eigenvalue weighted by Crippen LogP contribution is -2.18. The topological polar surface area (TPSA) is 56.1 Å². The highest BCUT2D eigenvalue weighted by molar-refractivity contribution is 5.89. The van der Waals surface area contributed by atoms with Crippen molar-refractivity contribution in [3.63, 3.8) is 0 Å². The monoisotopic (exact) mass is 327 g/mol. The number of aryl methyl sites for hydroxylation is 1. The number of amides is 1. The minimum Gasteiger partial charge on any atom is -0.494 e. The number of carbonyl (C=O) groups excluding carboxylic acids is 1. The van der Waals surface area contributed by atoms with Crippen LogP contribution in [0.5, 0.6) is 5.75 Å². The van der Waals surface area contributed by atoms with Crippen molar-refractivity contribution in [3.05, 3.63) is 42.1 Å². The molecule has 1 saturated carbocycles. The fourth-order valence-electron chi connectivity index (χ4n) is 2.85. The minimum atomic E-state index is 0.00703. The van der Waals surface area contributed by atoms with E-state index in [9.17, 15) is 4.79 Å². The quantitative estimate of drug-likeness (QED) is 0.747. The summed E-state index contributed by atoms with van der Waals surface area (Å²) >= 11 is 0. The minimum absolute atomic E-state index is 0.00703. The Hall–Kier alpha value is -2.30. The van der Waals surface area contributed by atoms with Crippen molar-refractivity contribution in [2.45, 2.75) is 45.6 Å². The van der Waals surface area contributed by atoms with Crippen LogP contribution >= 0.6 is 0 Å². The standard InChI is InChI=1S/C19H25N3O2/c1-14-5-3-6-17(13-14)24-12-4-7-19(23)21-18-10-11-20-22(18)15(2)16-8-9-16/h3,5-6,10-11,13,15-16H,4,7-9,12H2,1-2H3,(H,21,23). The number of aromatic nitrogens is 2. The molecule has 0 radical (unpaired) electrons. The molecule has 0 spiro atoms. The smallest absolute Gasteiger partial charge is 0.225 e.